The number of carbonyl (C=O) groups excluding carboxylic acids is 1. The van der Waals surface area contributed by atoms with Gasteiger partial charge in [0.25, 0.3) is 0 Å². The predicted molar refractivity (Wildman–Crippen MR) is 54.1 cm³/mol. The second-order valence-corrected chi connectivity index (χ2v) is 3.89. The molecule has 1 amide bonds. The molecule has 5 heteroatoms. The molecule has 0 aromatic carbocycles. The Morgan fingerprint density at radius 2 is 2.60 bits per heavy atom. The third-order valence-corrected chi connectivity index (χ3v) is 2.65. The van der Waals surface area contributed by atoms with E-state index in [9.17, 15) is 9.90 Å². The number of carbonyl (C=O) groups is 1. The van der Waals surface area contributed by atoms with Crippen molar-refractivity contribution >= 4 is 5.91 Å². The molecule has 0 bridgehead atoms. The monoisotopic (exact) mass is 209 g/mol. The zero-order chi connectivity index (χ0) is 10.7. The summed E-state index contributed by atoms with van der Waals surface area (Å²) in [4.78, 5) is 13.5. The van der Waals surface area contributed by atoms with Crippen LogP contribution in [0.3, 0.4) is 0 Å². The van der Waals surface area contributed by atoms with Crippen LogP contribution in [-0.4, -0.2) is 45.3 Å². The van der Waals surface area contributed by atoms with Crippen LogP contribution < -0.4 is 0 Å². The number of likely N-dealkylation sites (tertiary alicyclic amines) is 1. The molecule has 82 valence electrons. The fourth-order valence-corrected chi connectivity index (χ4v) is 1.84. The minimum Gasteiger partial charge on any atom is -0.391 e. The summed E-state index contributed by atoms with van der Waals surface area (Å²) < 4.78 is 0. The molecule has 0 radical (unpaired) electrons. The Hall–Kier alpha value is -1.36. The van der Waals surface area contributed by atoms with Crippen LogP contribution in [0.4, 0.5) is 0 Å². The summed E-state index contributed by atoms with van der Waals surface area (Å²) >= 11 is 0. The molecule has 0 saturated carbocycles. The number of amides is 1. The summed E-state index contributed by atoms with van der Waals surface area (Å²) in [5.41, 5.74) is 0.820. The number of hydrogen-bond donors (Lipinski definition) is 2. The van der Waals surface area contributed by atoms with E-state index in [1.807, 2.05) is 0 Å². The zero-order valence-electron chi connectivity index (χ0n) is 8.52. The molecule has 1 aliphatic rings. The van der Waals surface area contributed by atoms with Crippen LogP contribution in [0.1, 0.15) is 18.5 Å². The van der Waals surface area contributed by atoms with Gasteiger partial charge in [0.2, 0.25) is 5.91 Å². The average Bonchev–Trinajstić information content (AvgIpc) is 2.70. The quantitative estimate of drug-likeness (QED) is 0.716. The van der Waals surface area contributed by atoms with E-state index in [0.29, 0.717) is 13.0 Å². The van der Waals surface area contributed by atoms with E-state index >= 15 is 0 Å². The van der Waals surface area contributed by atoms with Crippen molar-refractivity contribution in [1.29, 1.82) is 0 Å². The Morgan fingerprint density at radius 3 is 3.27 bits per heavy atom. The minimum absolute atomic E-state index is 0.0537. The number of piperidine rings is 1. The zero-order valence-corrected chi connectivity index (χ0v) is 8.52. The van der Waals surface area contributed by atoms with E-state index in [1.165, 1.54) is 0 Å². The molecular formula is C10H15N3O2. The number of hydrogen-bond acceptors (Lipinski definition) is 3. The van der Waals surface area contributed by atoms with E-state index in [0.717, 1.165) is 25.1 Å². The van der Waals surface area contributed by atoms with Crippen LogP contribution in [0.25, 0.3) is 0 Å². The van der Waals surface area contributed by atoms with Gasteiger partial charge >= 0.3 is 0 Å². The lowest BCUT2D eigenvalue weighted by molar-refractivity contribution is -0.133. The molecule has 1 saturated heterocycles. The van der Waals surface area contributed by atoms with Gasteiger partial charge in [-0.05, 0) is 18.9 Å². The van der Waals surface area contributed by atoms with Gasteiger partial charge < -0.3 is 10.0 Å². The lowest BCUT2D eigenvalue weighted by Gasteiger charge is -2.30. The summed E-state index contributed by atoms with van der Waals surface area (Å²) in [6.07, 6.45) is 3.30. The van der Waals surface area contributed by atoms with E-state index in [1.54, 1.807) is 17.2 Å². The maximum atomic E-state index is 11.8. The van der Waals surface area contributed by atoms with Crippen molar-refractivity contribution in [3.8, 4) is 0 Å². The van der Waals surface area contributed by atoms with Crippen molar-refractivity contribution in [2.75, 3.05) is 13.1 Å². The molecule has 1 aromatic heterocycles. The second-order valence-electron chi connectivity index (χ2n) is 3.89. The number of aromatic amines is 1. The Labute approximate surface area is 88.1 Å². The molecule has 5 nitrogen and oxygen atoms in total. The molecule has 1 fully saturated rings. The van der Waals surface area contributed by atoms with Gasteiger partial charge in [0.1, 0.15) is 0 Å². The first-order valence-corrected chi connectivity index (χ1v) is 5.20. The van der Waals surface area contributed by atoms with Crippen LogP contribution in [-0.2, 0) is 11.2 Å². The highest BCUT2D eigenvalue weighted by Gasteiger charge is 2.22. The Bertz CT molecular complexity index is 323. The molecular weight excluding hydrogens is 194 g/mol. The molecule has 1 aliphatic heterocycles. The molecule has 0 aliphatic carbocycles. The number of nitrogens with zero attached hydrogens (tertiary/aromatic N) is 2. The fraction of sp³-hybridized carbons (Fsp3) is 0.600. The molecule has 0 spiro atoms. The van der Waals surface area contributed by atoms with Crippen LogP contribution in [0.5, 0.6) is 0 Å². The van der Waals surface area contributed by atoms with Crippen LogP contribution in [0.2, 0.25) is 0 Å². The highest BCUT2D eigenvalue weighted by Crippen LogP contribution is 2.11. The van der Waals surface area contributed by atoms with Crippen molar-refractivity contribution in [3.05, 3.63) is 18.0 Å². The Balaban J connectivity index is 1.90. The summed E-state index contributed by atoms with van der Waals surface area (Å²) in [5.74, 6) is 0.0537. The summed E-state index contributed by atoms with van der Waals surface area (Å²) in [6, 6.07) is 1.79. The first-order chi connectivity index (χ1) is 7.25. The maximum Gasteiger partial charge on any atom is 0.228 e. The second kappa shape index (κ2) is 4.44. The third-order valence-electron chi connectivity index (χ3n) is 2.65. The molecule has 15 heavy (non-hydrogen) atoms. The minimum atomic E-state index is -0.357. The highest BCUT2D eigenvalue weighted by atomic mass is 16.3. The van der Waals surface area contributed by atoms with E-state index in [4.69, 9.17) is 0 Å². The normalized spacial score (nSPS) is 21.7. The molecule has 1 atom stereocenters. The number of aromatic nitrogens is 2. The Morgan fingerprint density at radius 1 is 1.73 bits per heavy atom. The average molecular weight is 209 g/mol. The molecule has 2 heterocycles. The number of β-amino-alcohol motifs (C(OH)–C–C–N with tert-alkyl or cyclic N) is 1. The van der Waals surface area contributed by atoms with Gasteiger partial charge in [0, 0.05) is 25.0 Å². The van der Waals surface area contributed by atoms with Crippen LogP contribution in [0, 0.1) is 0 Å². The standard InChI is InChI=1S/C10H15N3O2/c14-9-2-1-5-13(7-9)10(15)6-8-3-4-11-12-8/h3-4,9,14H,1-2,5-7H2,(H,11,12)/t9-/m0/s1. The predicted octanol–water partition coefficient (Wildman–Crippen LogP) is -0.0645. The van der Waals surface area contributed by atoms with Crippen LogP contribution in [0.15, 0.2) is 12.3 Å². The van der Waals surface area contributed by atoms with Gasteiger partial charge in [-0.3, -0.25) is 9.89 Å². The Kier molecular flexibility index (Phi) is 3.01. The number of nitrogens with one attached hydrogen (secondary N) is 1. The van der Waals surface area contributed by atoms with Crippen molar-refractivity contribution in [2.45, 2.75) is 25.4 Å². The number of H-pyrrole nitrogens is 1. The largest absolute Gasteiger partial charge is 0.391 e. The van der Waals surface area contributed by atoms with Crippen LogP contribution >= 0.6 is 0 Å². The van der Waals surface area contributed by atoms with Gasteiger partial charge in [-0.2, -0.15) is 5.10 Å². The van der Waals surface area contributed by atoms with Gasteiger partial charge in [0.15, 0.2) is 0 Å². The van der Waals surface area contributed by atoms with E-state index in [2.05, 4.69) is 10.2 Å². The molecule has 1 aromatic rings. The van der Waals surface area contributed by atoms with E-state index < -0.39 is 0 Å². The number of rotatable bonds is 2. The maximum absolute atomic E-state index is 11.8. The first-order valence-electron chi connectivity index (χ1n) is 5.20. The summed E-state index contributed by atoms with van der Waals surface area (Å²) in [6.45, 7) is 1.22. The summed E-state index contributed by atoms with van der Waals surface area (Å²) in [5, 5.41) is 16.0. The first kappa shape index (κ1) is 10.2. The van der Waals surface area contributed by atoms with Crippen molar-refractivity contribution in [1.82, 2.24) is 15.1 Å². The highest BCUT2D eigenvalue weighted by molar-refractivity contribution is 5.78. The number of aliphatic hydroxyl groups is 1. The van der Waals surface area contributed by atoms with Crippen molar-refractivity contribution in [2.24, 2.45) is 0 Å². The van der Waals surface area contributed by atoms with Gasteiger partial charge in [-0.1, -0.05) is 0 Å². The number of aliphatic hydroxyl groups excluding tert-OH is 1. The lowest BCUT2D eigenvalue weighted by atomic mass is 10.1. The van der Waals surface area contributed by atoms with Gasteiger partial charge in [0.05, 0.1) is 12.5 Å². The van der Waals surface area contributed by atoms with E-state index in [-0.39, 0.29) is 12.0 Å². The summed E-state index contributed by atoms with van der Waals surface area (Å²) in [7, 11) is 0. The fourth-order valence-electron chi connectivity index (χ4n) is 1.84. The SMILES string of the molecule is O=C(Cc1ccn[nH]1)N1CCC[C@H](O)C1. The molecule has 2 N–H and O–H groups in total. The van der Waals surface area contributed by atoms with Crippen molar-refractivity contribution < 1.29 is 9.90 Å². The van der Waals surface area contributed by atoms with Gasteiger partial charge in [-0.25, -0.2) is 0 Å². The van der Waals surface area contributed by atoms with Crippen molar-refractivity contribution in [3.63, 3.8) is 0 Å². The third kappa shape index (κ3) is 2.56. The smallest absolute Gasteiger partial charge is 0.228 e. The lowest BCUT2D eigenvalue weighted by Crippen LogP contribution is -2.42. The molecule has 2 rings (SSSR count). The van der Waals surface area contributed by atoms with Gasteiger partial charge in [-0.15, -0.1) is 0 Å². The topological polar surface area (TPSA) is 69.2 Å². The molecule has 0 unspecified atom stereocenters.